The van der Waals surface area contributed by atoms with Crippen molar-refractivity contribution in [3.05, 3.63) is 12.2 Å². The van der Waals surface area contributed by atoms with Gasteiger partial charge in [0.15, 0.2) is 0 Å². The van der Waals surface area contributed by atoms with E-state index >= 15 is 0 Å². The van der Waals surface area contributed by atoms with Crippen LogP contribution in [-0.4, -0.2) is 0 Å². The maximum Gasteiger partial charge on any atom is -0.0206 e. The standard InChI is InChI=1S/C11H22/c1-7-9(4)11(6)10(5)8(2)3/h8-9,11H,5,7H2,1-4,6H3. The van der Waals surface area contributed by atoms with Gasteiger partial charge in [-0.15, -0.1) is 0 Å². The van der Waals surface area contributed by atoms with Gasteiger partial charge in [0.2, 0.25) is 0 Å². The SMILES string of the molecule is C=C(C(C)C)C(C)C(C)CC. The molecule has 0 rings (SSSR count). The molecular formula is C11H22. The third-order valence-electron chi connectivity index (χ3n) is 2.82. The lowest BCUT2D eigenvalue weighted by Gasteiger charge is -2.23. The summed E-state index contributed by atoms with van der Waals surface area (Å²) in [5.74, 6) is 2.10. The molecule has 0 amide bonds. The van der Waals surface area contributed by atoms with Crippen molar-refractivity contribution in [3.63, 3.8) is 0 Å². The van der Waals surface area contributed by atoms with Crippen LogP contribution in [0.2, 0.25) is 0 Å². The van der Waals surface area contributed by atoms with Crippen LogP contribution in [0.1, 0.15) is 41.0 Å². The van der Waals surface area contributed by atoms with Gasteiger partial charge < -0.3 is 0 Å². The highest BCUT2D eigenvalue weighted by Crippen LogP contribution is 2.26. The third kappa shape index (κ3) is 3.09. The van der Waals surface area contributed by atoms with Crippen LogP contribution in [0.5, 0.6) is 0 Å². The zero-order chi connectivity index (χ0) is 9.02. The molecule has 0 saturated heterocycles. The fraction of sp³-hybridized carbons (Fsp3) is 0.818. The Morgan fingerprint density at radius 2 is 1.64 bits per heavy atom. The van der Waals surface area contributed by atoms with Crippen molar-refractivity contribution < 1.29 is 0 Å². The summed E-state index contributed by atoms with van der Waals surface area (Å²) < 4.78 is 0. The lowest BCUT2D eigenvalue weighted by atomic mass is 9.83. The van der Waals surface area contributed by atoms with Gasteiger partial charge in [-0.1, -0.05) is 53.2 Å². The van der Waals surface area contributed by atoms with Crippen molar-refractivity contribution in [1.82, 2.24) is 0 Å². The predicted octanol–water partition coefficient (Wildman–Crippen LogP) is 3.88. The molecule has 0 bridgehead atoms. The second-order valence-electron chi connectivity index (χ2n) is 3.90. The molecule has 0 aromatic rings. The minimum atomic E-state index is 0.638. The van der Waals surface area contributed by atoms with Crippen LogP contribution in [0.4, 0.5) is 0 Å². The smallest absolute Gasteiger partial charge is 0.0206 e. The second-order valence-corrected chi connectivity index (χ2v) is 3.90. The van der Waals surface area contributed by atoms with Crippen molar-refractivity contribution in [2.45, 2.75) is 41.0 Å². The Labute approximate surface area is 71.7 Å². The Morgan fingerprint density at radius 1 is 1.18 bits per heavy atom. The number of hydrogen-bond acceptors (Lipinski definition) is 0. The molecule has 0 spiro atoms. The molecule has 0 radical (unpaired) electrons. The van der Waals surface area contributed by atoms with E-state index in [2.05, 4.69) is 41.2 Å². The predicted molar refractivity (Wildman–Crippen MR) is 52.6 cm³/mol. The van der Waals surface area contributed by atoms with Gasteiger partial charge in [0, 0.05) is 0 Å². The van der Waals surface area contributed by atoms with Gasteiger partial charge >= 0.3 is 0 Å². The molecule has 0 nitrogen and oxygen atoms in total. The Hall–Kier alpha value is -0.260. The van der Waals surface area contributed by atoms with E-state index in [0.29, 0.717) is 11.8 Å². The highest BCUT2D eigenvalue weighted by atomic mass is 14.2. The van der Waals surface area contributed by atoms with Gasteiger partial charge in [-0.2, -0.15) is 0 Å². The largest absolute Gasteiger partial charge is 0.0993 e. The van der Waals surface area contributed by atoms with Crippen LogP contribution in [0.15, 0.2) is 12.2 Å². The minimum Gasteiger partial charge on any atom is -0.0993 e. The second kappa shape index (κ2) is 4.58. The van der Waals surface area contributed by atoms with Crippen LogP contribution in [0, 0.1) is 17.8 Å². The highest BCUT2D eigenvalue weighted by Gasteiger charge is 2.15. The molecule has 2 unspecified atom stereocenters. The zero-order valence-electron chi connectivity index (χ0n) is 8.65. The molecule has 0 heteroatoms. The molecule has 2 atom stereocenters. The van der Waals surface area contributed by atoms with Gasteiger partial charge in [-0.25, -0.2) is 0 Å². The molecule has 0 N–H and O–H groups in total. The van der Waals surface area contributed by atoms with E-state index in [4.69, 9.17) is 0 Å². The summed E-state index contributed by atoms with van der Waals surface area (Å²) in [5.41, 5.74) is 1.40. The monoisotopic (exact) mass is 154 g/mol. The Balaban J connectivity index is 4.02. The quantitative estimate of drug-likeness (QED) is 0.539. The first kappa shape index (κ1) is 10.7. The average Bonchev–Trinajstić information content (AvgIpc) is 2.00. The fourth-order valence-corrected chi connectivity index (χ4v) is 1.24. The van der Waals surface area contributed by atoms with Crippen LogP contribution in [0.25, 0.3) is 0 Å². The van der Waals surface area contributed by atoms with E-state index in [1.54, 1.807) is 0 Å². The van der Waals surface area contributed by atoms with Crippen molar-refractivity contribution in [2.24, 2.45) is 17.8 Å². The summed E-state index contributed by atoms with van der Waals surface area (Å²) >= 11 is 0. The van der Waals surface area contributed by atoms with Crippen LogP contribution in [-0.2, 0) is 0 Å². The Kier molecular flexibility index (Phi) is 4.48. The molecule has 0 aromatic carbocycles. The summed E-state index contributed by atoms with van der Waals surface area (Å²) in [7, 11) is 0. The Bertz CT molecular complexity index is 122. The first-order valence-corrected chi connectivity index (χ1v) is 4.69. The van der Waals surface area contributed by atoms with Gasteiger partial charge in [0.1, 0.15) is 0 Å². The maximum atomic E-state index is 4.12. The van der Waals surface area contributed by atoms with E-state index in [0.717, 1.165) is 5.92 Å². The van der Waals surface area contributed by atoms with Crippen molar-refractivity contribution in [2.75, 3.05) is 0 Å². The molecule has 0 aliphatic carbocycles. The first-order chi connectivity index (χ1) is 5.00. The molecule has 0 fully saturated rings. The van der Waals surface area contributed by atoms with Gasteiger partial charge in [0.05, 0.1) is 0 Å². The molecule has 0 heterocycles. The number of hydrogen-bond donors (Lipinski definition) is 0. The van der Waals surface area contributed by atoms with Gasteiger partial charge in [0.25, 0.3) is 0 Å². The molecule has 11 heavy (non-hydrogen) atoms. The molecule has 0 aliphatic rings. The van der Waals surface area contributed by atoms with E-state index in [9.17, 15) is 0 Å². The lowest BCUT2D eigenvalue weighted by molar-refractivity contribution is 0.402. The molecular weight excluding hydrogens is 132 g/mol. The van der Waals surface area contributed by atoms with Crippen molar-refractivity contribution in [1.29, 1.82) is 0 Å². The summed E-state index contributed by atoms with van der Waals surface area (Å²) in [6.45, 7) is 15.4. The van der Waals surface area contributed by atoms with Crippen LogP contribution < -0.4 is 0 Å². The van der Waals surface area contributed by atoms with E-state index in [1.807, 2.05) is 0 Å². The van der Waals surface area contributed by atoms with E-state index < -0.39 is 0 Å². The topological polar surface area (TPSA) is 0 Å². The van der Waals surface area contributed by atoms with Gasteiger partial charge in [-0.05, 0) is 17.8 Å². The fourth-order valence-electron chi connectivity index (χ4n) is 1.24. The van der Waals surface area contributed by atoms with Crippen molar-refractivity contribution >= 4 is 0 Å². The normalized spacial score (nSPS) is 16.5. The van der Waals surface area contributed by atoms with E-state index in [1.165, 1.54) is 12.0 Å². The zero-order valence-corrected chi connectivity index (χ0v) is 8.65. The number of allylic oxidation sites excluding steroid dienone is 1. The van der Waals surface area contributed by atoms with Gasteiger partial charge in [-0.3, -0.25) is 0 Å². The van der Waals surface area contributed by atoms with Crippen molar-refractivity contribution in [3.8, 4) is 0 Å². The highest BCUT2D eigenvalue weighted by molar-refractivity contribution is 5.03. The molecule has 0 saturated carbocycles. The molecule has 0 aromatic heterocycles. The average molecular weight is 154 g/mol. The summed E-state index contributed by atoms with van der Waals surface area (Å²) in [6, 6.07) is 0. The maximum absolute atomic E-state index is 4.12. The number of rotatable bonds is 4. The van der Waals surface area contributed by atoms with E-state index in [-0.39, 0.29) is 0 Å². The summed E-state index contributed by atoms with van der Waals surface area (Å²) in [4.78, 5) is 0. The summed E-state index contributed by atoms with van der Waals surface area (Å²) in [5, 5.41) is 0. The lowest BCUT2D eigenvalue weighted by Crippen LogP contribution is -2.12. The molecule has 0 aliphatic heterocycles. The minimum absolute atomic E-state index is 0.638. The summed E-state index contributed by atoms with van der Waals surface area (Å²) in [6.07, 6.45) is 1.26. The first-order valence-electron chi connectivity index (χ1n) is 4.69. The third-order valence-corrected chi connectivity index (χ3v) is 2.82. The van der Waals surface area contributed by atoms with Crippen LogP contribution in [0.3, 0.4) is 0 Å². The van der Waals surface area contributed by atoms with Crippen LogP contribution >= 0.6 is 0 Å². The Morgan fingerprint density at radius 3 is 1.91 bits per heavy atom. The molecule has 66 valence electrons.